The van der Waals surface area contributed by atoms with E-state index in [9.17, 15) is 4.79 Å². The molecule has 0 aromatic heterocycles. The van der Waals surface area contributed by atoms with Crippen LogP contribution in [0.4, 0.5) is 5.69 Å². The zero-order valence-corrected chi connectivity index (χ0v) is 21.9. The molecular weight excluding hydrogens is 504 g/mol. The van der Waals surface area contributed by atoms with Gasteiger partial charge in [0.2, 0.25) is 0 Å². The van der Waals surface area contributed by atoms with Crippen molar-refractivity contribution in [3.8, 4) is 11.5 Å². The van der Waals surface area contributed by atoms with Crippen LogP contribution in [0, 0.1) is 0 Å². The number of rotatable bonds is 8. The van der Waals surface area contributed by atoms with Crippen LogP contribution in [0.25, 0.3) is 0 Å². The van der Waals surface area contributed by atoms with Gasteiger partial charge in [-0.15, -0.1) is 0 Å². The predicted molar refractivity (Wildman–Crippen MR) is 139 cm³/mol. The maximum absolute atomic E-state index is 12.4. The van der Waals surface area contributed by atoms with Crippen molar-refractivity contribution in [1.82, 2.24) is 4.90 Å². The van der Waals surface area contributed by atoms with Gasteiger partial charge >= 0.3 is 0 Å². The third-order valence-corrected chi connectivity index (χ3v) is 6.34. The largest absolute Gasteiger partial charge is 0.490 e. The molecular formula is C25H31BrN2O4S. The number of anilines is 1. The Labute approximate surface area is 209 Å². The van der Waals surface area contributed by atoms with Gasteiger partial charge < -0.3 is 24.4 Å². The summed E-state index contributed by atoms with van der Waals surface area (Å²) in [4.78, 5) is 15.3. The van der Waals surface area contributed by atoms with Gasteiger partial charge in [-0.25, -0.2) is 0 Å². The second kappa shape index (κ2) is 11.8. The van der Waals surface area contributed by atoms with Crippen molar-refractivity contribution in [1.29, 1.82) is 0 Å². The van der Waals surface area contributed by atoms with Gasteiger partial charge in [0.25, 0.3) is 5.91 Å². The molecule has 0 radical (unpaired) electrons. The molecule has 8 heteroatoms. The number of amides is 1. The van der Waals surface area contributed by atoms with E-state index in [1.54, 1.807) is 0 Å². The van der Waals surface area contributed by atoms with Crippen LogP contribution in [0.2, 0.25) is 0 Å². The van der Waals surface area contributed by atoms with E-state index >= 15 is 0 Å². The number of hydrogen-bond acceptors (Lipinski definition) is 5. The second-order valence-corrected chi connectivity index (χ2v) is 9.31. The van der Waals surface area contributed by atoms with E-state index in [-0.39, 0.29) is 24.7 Å². The summed E-state index contributed by atoms with van der Waals surface area (Å²) in [5.74, 6) is 0.770. The first-order chi connectivity index (χ1) is 15.8. The highest BCUT2D eigenvalue weighted by Gasteiger charge is 2.26. The van der Waals surface area contributed by atoms with Crippen molar-refractivity contribution in [2.75, 3.05) is 31.6 Å². The number of aryl methyl sites for hydroxylation is 1. The van der Waals surface area contributed by atoms with E-state index in [4.69, 9.17) is 26.4 Å². The molecule has 2 aromatic rings. The normalized spacial score (nSPS) is 18.0. The van der Waals surface area contributed by atoms with Gasteiger partial charge in [-0.3, -0.25) is 4.79 Å². The van der Waals surface area contributed by atoms with Crippen LogP contribution >= 0.6 is 28.1 Å². The molecule has 2 aromatic carbocycles. The van der Waals surface area contributed by atoms with Crippen molar-refractivity contribution in [2.45, 2.75) is 46.3 Å². The molecule has 1 heterocycles. The molecule has 1 amide bonds. The van der Waals surface area contributed by atoms with Crippen LogP contribution in [0.15, 0.2) is 40.9 Å². The highest BCUT2D eigenvalue weighted by atomic mass is 79.9. The first kappa shape index (κ1) is 25.5. The number of benzene rings is 2. The average Bonchev–Trinajstić information content (AvgIpc) is 2.78. The van der Waals surface area contributed by atoms with E-state index in [0.29, 0.717) is 22.6 Å². The Morgan fingerprint density at radius 1 is 1.15 bits per heavy atom. The molecule has 1 aliphatic heterocycles. The van der Waals surface area contributed by atoms with Crippen LogP contribution in [0.1, 0.15) is 38.8 Å². The van der Waals surface area contributed by atoms with Crippen LogP contribution in [-0.2, 0) is 16.0 Å². The quantitative estimate of drug-likeness (QED) is 0.469. The van der Waals surface area contributed by atoms with Crippen molar-refractivity contribution in [3.63, 3.8) is 0 Å². The highest BCUT2D eigenvalue weighted by molar-refractivity contribution is 9.10. The van der Waals surface area contributed by atoms with Crippen LogP contribution in [-0.4, -0.2) is 54.3 Å². The Kier molecular flexibility index (Phi) is 9.11. The zero-order chi connectivity index (χ0) is 24.0. The van der Waals surface area contributed by atoms with Gasteiger partial charge in [0.1, 0.15) is 4.99 Å². The Morgan fingerprint density at radius 2 is 1.82 bits per heavy atom. The first-order valence-corrected chi connectivity index (χ1v) is 12.4. The fraction of sp³-hybridized carbons (Fsp3) is 0.440. The fourth-order valence-corrected chi connectivity index (χ4v) is 4.60. The molecule has 0 unspecified atom stereocenters. The molecule has 0 aliphatic carbocycles. The monoisotopic (exact) mass is 534 g/mol. The molecule has 1 aliphatic rings. The van der Waals surface area contributed by atoms with Crippen LogP contribution < -0.4 is 14.8 Å². The molecule has 3 rings (SSSR count). The lowest BCUT2D eigenvalue weighted by atomic mass is 10.1. The Hall–Kier alpha value is -2.16. The lowest BCUT2D eigenvalue weighted by molar-refractivity contribution is -0.118. The number of ether oxygens (including phenoxy) is 3. The Bertz CT molecular complexity index is 973. The molecule has 178 valence electrons. The van der Waals surface area contributed by atoms with Gasteiger partial charge in [-0.2, -0.15) is 0 Å². The van der Waals surface area contributed by atoms with Gasteiger partial charge in [0, 0.05) is 24.3 Å². The van der Waals surface area contributed by atoms with Crippen molar-refractivity contribution < 1.29 is 19.0 Å². The number of carbonyl (C=O) groups is 1. The number of hydrogen-bond donors (Lipinski definition) is 1. The summed E-state index contributed by atoms with van der Waals surface area (Å²) in [5, 5.41) is 2.86. The maximum atomic E-state index is 12.4. The molecule has 6 nitrogen and oxygen atoms in total. The minimum atomic E-state index is -0.246. The first-order valence-electron chi connectivity index (χ1n) is 11.2. The molecule has 1 saturated heterocycles. The Balaban J connectivity index is 1.71. The summed E-state index contributed by atoms with van der Waals surface area (Å²) in [5.41, 5.74) is 2.81. The van der Waals surface area contributed by atoms with Gasteiger partial charge in [0.05, 0.1) is 23.3 Å². The number of nitrogens with zero attached hydrogens (tertiary/aromatic N) is 1. The van der Waals surface area contributed by atoms with Crippen molar-refractivity contribution in [3.05, 3.63) is 52.0 Å². The fourth-order valence-electron chi connectivity index (χ4n) is 3.78. The summed E-state index contributed by atoms with van der Waals surface area (Å²) >= 11 is 9.36. The minimum absolute atomic E-state index is 0.112. The van der Waals surface area contributed by atoms with E-state index < -0.39 is 0 Å². The van der Waals surface area contributed by atoms with Gasteiger partial charge in [-0.05, 0) is 73.0 Å². The summed E-state index contributed by atoms with van der Waals surface area (Å²) in [6.45, 7) is 9.89. The van der Waals surface area contributed by atoms with Crippen molar-refractivity contribution >= 4 is 44.7 Å². The molecule has 0 bridgehead atoms. The SMILES string of the molecule is CCOc1cc(C(=S)N2C[C@@H](C)O[C@H](C)C2)cc(Br)c1OCC(=O)Nc1ccc(CC)cc1. The number of halogens is 1. The van der Waals surface area contributed by atoms with Gasteiger partial charge in [-0.1, -0.05) is 31.3 Å². The third-order valence-electron chi connectivity index (χ3n) is 5.26. The topological polar surface area (TPSA) is 60.0 Å². The van der Waals surface area contributed by atoms with Crippen molar-refractivity contribution in [2.24, 2.45) is 0 Å². The molecule has 0 saturated carbocycles. The smallest absolute Gasteiger partial charge is 0.262 e. The van der Waals surface area contributed by atoms with E-state index in [0.717, 1.165) is 35.7 Å². The summed E-state index contributed by atoms with van der Waals surface area (Å²) < 4.78 is 18.2. The van der Waals surface area contributed by atoms with Crippen LogP contribution in [0.5, 0.6) is 11.5 Å². The predicted octanol–water partition coefficient (Wildman–Crippen LogP) is 5.21. The number of nitrogens with one attached hydrogen (secondary N) is 1. The molecule has 0 spiro atoms. The van der Waals surface area contributed by atoms with E-state index in [2.05, 4.69) is 33.1 Å². The standard InChI is InChI=1S/C25H31BrN2O4S/c1-5-18-7-9-20(10-8-18)27-23(29)15-31-24-21(26)11-19(12-22(24)30-6-2)25(33)28-13-16(3)32-17(4)14-28/h7-12,16-17H,5-6,13-15H2,1-4H3,(H,27,29)/t16-,17-/m1/s1. The summed E-state index contributed by atoms with van der Waals surface area (Å²) in [7, 11) is 0. The summed E-state index contributed by atoms with van der Waals surface area (Å²) in [6, 6.07) is 11.6. The van der Waals surface area contributed by atoms with Gasteiger partial charge in [0.15, 0.2) is 18.1 Å². The Morgan fingerprint density at radius 3 is 2.42 bits per heavy atom. The van der Waals surface area contributed by atoms with E-state index in [1.165, 1.54) is 5.56 Å². The number of morpholine rings is 1. The zero-order valence-electron chi connectivity index (χ0n) is 19.5. The lowest BCUT2D eigenvalue weighted by Crippen LogP contribution is -2.47. The number of carbonyl (C=O) groups excluding carboxylic acids is 1. The second-order valence-electron chi connectivity index (χ2n) is 8.07. The summed E-state index contributed by atoms with van der Waals surface area (Å²) in [6.07, 6.45) is 1.18. The van der Waals surface area contributed by atoms with E-state index in [1.807, 2.05) is 57.2 Å². The molecule has 1 fully saturated rings. The molecule has 2 atom stereocenters. The molecule has 1 N–H and O–H groups in total. The maximum Gasteiger partial charge on any atom is 0.262 e. The van der Waals surface area contributed by atoms with Crippen LogP contribution in [0.3, 0.4) is 0 Å². The highest BCUT2D eigenvalue weighted by Crippen LogP contribution is 2.37. The minimum Gasteiger partial charge on any atom is -0.490 e. The average molecular weight is 536 g/mol. The lowest BCUT2D eigenvalue weighted by Gasteiger charge is -2.37. The third kappa shape index (κ3) is 6.91. The molecule has 33 heavy (non-hydrogen) atoms. The number of thiocarbonyl (C=S) groups is 1.